The SMILES string of the molecule is CCCCCCCCCCCCCCCCCCC/C=C/C(O)C(CO)NC(=O)CCCCCCCCCCCCCCCCCCCCCCCCCCCCCCCCCOC(=O)CCCCCCCCCCCCCCCCC. The topological polar surface area (TPSA) is 95.9 Å². The quantitative estimate of drug-likeness (QED) is 0.0320. The molecular weight excluding hydrogens is 1010 g/mol. The smallest absolute Gasteiger partial charge is 0.305 e. The summed E-state index contributed by atoms with van der Waals surface area (Å²) < 4.78 is 5.51. The first-order valence-corrected chi connectivity index (χ1v) is 38.0. The molecule has 3 N–H and O–H groups in total. The van der Waals surface area contributed by atoms with Gasteiger partial charge in [-0.2, -0.15) is 0 Å². The van der Waals surface area contributed by atoms with Crippen molar-refractivity contribution in [3.8, 4) is 0 Å². The zero-order valence-corrected chi connectivity index (χ0v) is 56.0. The number of allylic oxidation sites excluding steroid dienone is 1. The molecule has 0 saturated heterocycles. The Morgan fingerprint density at radius 1 is 0.329 bits per heavy atom. The lowest BCUT2D eigenvalue weighted by atomic mass is 10.0. The average Bonchev–Trinajstić information content (AvgIpc) is 3.48. The molecule has 488 valence electrons. The maximum absolute atomic E-state index is 12.5. The summed E-state index contributed by atoms with van der Waals surface area (Å²) >= 11 is 0. The van der Waals surface area contributed by atoms with Gasteiger partial charge in [0.05, 0.1) is 25.4 Å². The second-order valence-electron chi connectivity index (χ2n) is 26.4. The van der Waals surface area contributed by atoms with Crippen LogP contribution in [0.5, 0.6) is 0 Å². The Bertz CT molecular complexity index is 1240. The van der Waals surface area contributed by atoms with E-state index in [0.29, 0.717) is 19.4 Å². The molecule has 0 bridgehead atoms. The highest BCUT2D eigenvalue weighted by molar-refractivity contribution is 5.76. The summed E-state index contributed by atoms with van der Waals surface area (Å²) in [6.45, 7) is 4.96. The molecule has 0 aliphatic carbocycles. The molecule has 2 atom stereocenters. The number of amides is 1. The molecule has 0 radical (unpaired) electrons. The molecule has 6 heteroatoms. The Morgan fingerprint density at radius 2 is 0.561 bits per heavy atom. The number of ether oxygens (including phenoxy) is 1. The lowest BCUT2D eigenvalue weighted by Gasteiger charge is -2.20. The molecule has 0 fully saturated rings. The minimum atomic E-state index is -0.841. The van der Waals surface area contributed by atoms with Gasteiger partial charge in [0.1, 0.15) is 0 Å². The molecular formula is C76H149NO5. The fraction of sp³-hybridized carbons (Fsp3) is 0.947. The van der Waals surface area contributed by atoms with Crippen LogP contribution in [0.3, 0.4) is 0 Å². The van der Waals surface area contributed by atoms with Gasteiger partial charge in [-0.3, -0.25) is 9.59 Å². The molecule has 0 aromatic carbocycles. The largest absolute Gasteiger partial charge is 0.466 e. The van der Waals surface area contributed by atoms with Crippen molar-refractivity contribution >= 4 is 11.9 Å². The molecule has 0 heterocycles. The van der Waals surface area contributed by atoms with Crippen LogP contribution in [0.1, 0.15) is 438 Å². The van der Waals surface area contributed by atoms with Crippen molar-refractivity contribution in [3.63, 3.8) is 0 Å². The number of nitrogens with one attached hydrogen (secondary N) is 1. The molecule has 82 heavy (non-hydrogen) atoms. The molecule has 1 amide bonds. The van der Waals surface area contributed by atoms with Gasteiger partial charge in [-0.25, -0.2) is 0 Å². The van der Waals surface area contributed by atoms with E-state index < -0.39 is 12.1 Å². The number of hydrogen-bond acceptors (Lipinski definition) is 5. The second-order valence-corrected chi connectivity index (χ2v) is 26.4. The van der Waals surface area contributed by atoms with Gasteiger partial charge in [0, 0.05) is 12.8 Å². The minimum absolute atomic E-state index is 0.0244. The molecule has 2 unspecified atom stereocenters. The fourth-order valence-electron chi connectivity index (χ4n) is 12.3. The van der Waals surface area contributed by atoms with E-state index in [1.54, 1.807) is 6.08 Å². The lowest BCUT2D eigenvalue weighted by molar-refractivity contribution is -0.143. The number of hydrogen-bond donors (Lipinski definition) is 3. The molecule has 6 nitrogen and oxygen atoms in total. The summed E-state index contributed by atoms with van der Waals surface area (Å²) in [7, 11) is 0. The first kappa shape index (κ1) is 80.6. The first-order chi connectivity index (χ1) is 40.5. The van der Waals surface area contributed by atoms with Gasteiger partial charge in [-0.15, -0.1) is 0 Å². The van der Waals surface area contributed by atoms with Crippen molar-refractivity contribution in [1.82, 2.24) is 5.32 Å². The normalized spacial score (nSPS) is 12.5. The third-order valence-corrected chi connectivity index (χ3v) is 18.1. The second kappa shape index (κ2) is 72.1. The fourth-order valence-corrected chi connectivity index (χ4v) is 12.3. The number of aliphatic hydroxyl groups is 2. The highest BCUT2D eigenvalue weighted by atomic mass is 16.5. The Hall–Kier alpha value is -1.40. The van der Waals surface area contributed by atoms with Gasteiger partial charge in [0.15, 0.2) is 0 Å². The number of rotatable bonds is 72. The van der Waals surface area contributed by atoms with Gasteiger partial charge in [-0.05, 0) is 32.1 Å². The number of carbonyl (C=O) groups excluding carboxylic acids is 2. The van der Waals surface area contributed by atoms with Gasteiger partial charge in [0.25, 0.3) is 0 Å². The Labute approximate surface area is 514 Å². The maximum Gasteiger partial charge on any atom is 0.305 e. The Kier molecular flexibility index (Phi) is 70.8. The number of unbranched alkanes of at least 4 members (excludes halogenated alkanes) is 61. The van der Waals surface area contributed by atoms with Crippen LogP contribution in [0.15, 0.2) is 12.2 Å². The van der Waals surface area contributed by atoms with Crippen LogP contribution >= 0.6 is 0 Å². The van der Waals surface area contributed by atoms with Crippen LogP contribution in [-0.2, 0) is 14.3 Å². The van der Waals surface area contributed by atoms with E-state index in [-0.39, 0.29) is 18.5 Å². The zero-order chi connectivity index (χ0) is 59.2. The van der Waals surface area contributed by atoms with E-state index in [2.05, 4.69) is 19.2 Å². The van der Waals surface area contributed by atoms with Crippen molar-refractivity contribution in [2.24, 2.45) is 0 Å². The van der Waals surface area contributed by atoms with Crippen LogP contribution in [0.25, 0.3) is 0 Å². The lowest BCUT2D eigenvalue weighted by Crippen LogP contribution is -2.45. The molecule has 0 aliphatic heterocycles. The van der Waals surface area contributed by atoms with Crippen molar-refractivity contribution in [3.05, 3.63) is 12.2 Å². The third kappa shape index (κ3) is 67.7. The van der Waals surface area contributed by atoms with Gasteiger partial charge in [0.2, 0.25) is 5.91 Å². The molecule has 0 saturated carbocycles. The van der Waals surface area contributed by atoms with Crippen molar-refractivity contribution in [2.75, 3.05) is 13.2 Å². The van der Waals surface area contributed by atoms with Crippen LogP contribution in [0, 0.1) is 0 Å². The Balaban J connectivity index is 3.33. The Morgan fingerprint density at radius 3 is 0.829 bits per heavy atom. The van der Waals surface area contributed by atoms with E-state index in [1.807, 2.05) is 6.08 Å². The number of carbonyl (C=O) groups is 2. The van der Waals surface area contributed by atoms with E-state index in [9.17, 15) is 19.8 Å². The van der Waals surface area contributed by atoms with E-state index in [1.165, 1.54) is 372 Å². The summed E-state index contributed by atoms with van der Waals surface area (Å²) in [5.74, 6) is -0.0348. The average molecular weight is 1160 g/mol. The van der Waals surface area contributed by atoms with Crippen LogP contribution in [0.4, 0.5) is 0 Å². The van der Waals surface area contributed by atoms with E-state index in [0.717, 1.165) is 38.5 Å². The van der Waals surface area contributed by atoms with Crippen molar-refractivity contribution in [1.29, 1.82) is 0 Å². The minimum Gasteiger partial charge on any atom is -0.466 e. The highest BCUT2D eigenvalue weighted by Gasteiger charge is 2.18. The molecule has 0 spiro atoms. The van der Waals surface area contributed by atoms with Crippen LogP contribution in [0.2, 0.25) is 0 Å². The summed E-state index contributed by atoms with van der Waals surface area (Å²) in [5, 5.41) is 23.2. The molecule has 0 aromatic rings. The molecule has 0 rings (SSSR count). The van der Waals surface area contributed by atoms with Crippen LogP contribution < -0.4 is 5.32 Å². The van der Waals surface area contributed by atoms with Gasteiger partial charge >= 0.3 is 5.97 Å². The molecule has 0 aliphatic rings. The predicted octanol–water partition coefficient (Wildman–Crippen LogP) is 24.7. The van der Waals surface area contributed by atoms with Crippen molar-refractivity contribution in [2.45, 2.75) is 450 Å². The first-order valence-electron chi connectivity index (χ1n) is 38.0. The predicted molar refractivity (Wildman–Crippen MR) is 361 cm³/mol. The summed E-state index contributed by atoms with van der Waals surface area (Å²) in [6.07, 6.45) is 90.3. The standard InChI is InChI=1S/C76H149NO5/c1-3-5-7-9-11-13-15-17-19-20-34-37-41-44-48-52-56-60-64-68-74(79)73(72-78)77-75(80)69-65-61-57-53-49-45-42-38-35-32-30-28-26-24-22-21-23-25-27-29-31-33-36-39-43-47-51-55-59-63-67-71-82-76(81)70-66-62-58-54-50-46-40-18-16-14-12-10-8-6-4-2/h64,68,73-74,78-79H,3-63,65-67,69-72H2,1-2H3,(H,77,80)/b68-64+. The number of aliphatic hydroxyl groups excluding tert-OH is 2. The highest BCUT2D eigenvalue weighted by Crippen LogP contribution is 2.20. The third-order valence-electron chi connectivity index (χ3n) is 18.1. The van der Waals surface area contributed by atoms with Crippen LogP contribution in [-0.4, -0.2) is 47.4 Å². The van der Waals surface area contributed by atoms with E-state index >= 15 is 0 Å². The van der Waals surface area contributed by atoms with Gasteiger partial charge < -0.3 is 20.3 Å². The summed E-state index contributed by atoms with van der Waals surface area (Å²) in [5.41, 5.74) is 0. The van der Waals surface area contributed by atoms with Crippen molar-refractivity contribution < 1.29 is 24.5 Å². The van der Waals surface area contributed by atoms with Gasteiger partial charge in [-0.1, -0.05) is 405 Å². The maximum atomic E-state index is 12.5. The summed E-state index contributed by atoms with van der Waals surface area (Å²) in [4.78, 5) is 24.6. The monoisotopic (exact) mass is 1160 g/mol. The summed E-state index contributed by atoms with van der Waals surface area (Å²) in [6, 6.07) is -0.624. The van der Waals surface area contributed by atoms with E-state index in [4.69, 9.17) is 4.74 Å². The molecule has 0 aromatic heterocycles. The zero-order valence-electron chi connectivity index (χ0n) is 56.0. The number of esters is 1.